The van der Waals surface area contributed by atoms with Gasteiger partial charge in [0, 0.05) is 25.3 Å². The molecule has 0 atom stereocenters. The van der Waals surface area contributed by atoms with Gasteiger partial charge in [0.15, 0.2) is 0 Å². The normalized spacial score (nSPS) is 14.8. The van der Waals surface area contributed by atoms with E-state index in [0.717, 1.165) is 37.8 Å². The first-order chi connectivity index (χ1) is 9.56. The summed E-state index contributed by atoms with van der Waals surface area (Å²) in [6.45, 7) is 5.65. The molecule has 0 heterocycles. The highest BCUT2D eigenvalue weighted by Gasteiger charge is 2.20. The van der Waals surface area contributed by atoms with E-state index in [1.165, 1.54) is 24.0 Å². The highest BCUT2D eigenvalue weighted by Crippen LogP contribution is 2.28. The minimum absolute atomic E-state index is 0.126. The molecule has 4 nitrogen and oxygen atoms in total. The van der Waals surface area contributed by atoms with Crippen molar-refractivity contribution in [1.82, 2.24) is 4.90 Å². The van der Waals surface area contributed by atoms with Crippen molar-refractivity contribution >= 4 is 5.84 Å². The smallest absolute Gasteiger partial charge is 0.122 e. The highest BCUT2D eigenvalue weighted by atomic mass is 16.5. The number of rotatable bonds is 8. The first-order valence-corrected chi connectivity index (χ1v) is 7.26. The lowest BCUT2D eigenvalue weighted by molar-refractivity contribution is 0.102. The molecule has 2 rings (SSSR count). The lowest BCUT2D eigenvalue weighted by Gasteiger charge is -2.18. The summed E-state index contributed by atoms with van der Waals surface area (Å²) in [5, 5.41) is 7.45. The quantitative estimate of drug-likeness (QED) is 0.434. The monoisotopic (exact) mass is 275 g/mol. The number of likely N-dealkylation sites (N-methyl/N-ethyl adjacent to an activating group) is 1. The van der Waals surface area contributed by atoms with E-state index in [4.69, 9.17) is 15.9 Å². The van der Waals surface area contributed by atoms with E-state index in [9.17, 15) is 0 Å². The zero-order valence-electron chi connectivity index (χ0n) is 12.5. The number of amidine groups is 1. The van der Waals surface area contributed by atoms with Gasteiger partial charge >= 0.3 is 0 Å². The number of ether oxygens (including phenoxy) is 1. The number of nitrogens with two attached hydrogens (primary N) is 1. The summed E-state index contributed by atoms with van der Waals surface area (Å²) in [6, 6.07) is 5.96. The van der Waals surface area contributed by atoms with Crippen LogP contribution in [0.3, 0.4) is 0 Å². The SMILES string of the molecule is Cc1cc(C(=N)N)ccc1CN(C)CCOCC1CC1. The lowest BCUT2D eigenvalue weighted by Crippen LogP contribution is -2.23. The topological polar surface area (TPSA) is 62.3 Å². The fourth-order valence-corrected chi connectivity index (χ4v) is 2.17. The van der Waals surface area contributed by atoms with E-state index in [1.807, 2.05) is 12.1 Å². The van der Waals surface area contributed by atoms with Crippen LogP contribution < -0.4 is 5.73 Å². The maximum Gasteiger partial charge on any atom is 0.122 e. The molecule has 1 fully saturated rings. The number of nitrogens with zero attached hydrogens (tertiary/aromatic N) is 1. The summed E-state index contributed by atoms with van der Waals surface area (Å²) in [5.41, 5.74) is 8.76. The Balaban J connectivity index is 1.77. The molecular weight excluding hydrogens is 250 g/mol. The fraction of sp³-hybridized carbons (Fsp3) is 0.562. The molecule has 110 valence electrons. The molecule has 0 spiro atoms. The molecule has 0 radical (unpaired) electrons. The van der Waals surface area contributed by atoms with E-state index in [2.05, 4.69) is 24.9 Å². The summed E-state index contributed by atoms with van der Waals surface area (Å²) in [4.78, 5) is 2.27. The van der Waals surface area contributed by atoms with Crippen molar-refractivity contribution in [3.05, 3.63) is 34.9 Å². The van der Waals surface area contributed by atoms with E-state index in [0.29, 0.717) is 0 Å². The number of benzene rings is 1. The van der Waals surface area contributed by atoms with Crippen LogP contribution in [0.5, 0.6) is 0 Å². The minimum atomic E-state index is 0.126. The summed E-state index contributed by atoms with van der Waals surface area (Å²) in [6.07, 6.45) is 2.69. The van der Waals surface area contributed by atoms with Gasteiger partial charge in [-0.15, -0.1) is 0 Å². The van der Waals surface area contributed by atoms with Crippen molar-refractivity contribution in [2.45, 2.75) is 26.3 Å². The van der Waals surface area contributed by atoms with E-state index >= 15 is 0 Å². The number of hydrogen-bond donors (Lipinski definition) is 2. The third-order valence-electron chi connectivity index (χ3n) is 3.76. The Labute approximate surface area is 121 Å². The molecule has 4 heteroatoms. The van der Waals surface area contributed by atoms with Crippen LogP contribution in [0.25, 0.3) is 0 Å². The van der Waals surface area contributed by atoms with Gasteiger partial charge in [-0.25, -0.2) is 0 Å². The van der Waals surface area contributed by atoms with Crippen LogP contribution in [0.4, 0.5) is 0 Å². The maximum absolute atomic E-state index is 7.45. The van der Waals surface area contributed by atoms with Crippen molar-refractivity contribution in [3.8, 4) is 0 Å². The molecule has 1 aromatic rings. The van der Waals surface area contributed by atoms with E-state index < -0.39 is 0 Å². The number of nitrogens with one attached hydrogen (secondary N) is 1. The molecule has 20 heavy (non-hydrogen) atoms. The Hall–Kier alpha value is -1.39. The maximum atomic E-state index is 7.45. The number of aryl methyl sites for hydroxylation is 1. The molecule has 1 aliphatic rings. The number of hydrogen-bond acceptors (Lipinski definition) is 3. The predicted octanol–water partition coefficient (Wildman–Crippen LogP) is 2.14. The van der Waals surface area contributed by atoms with Gasteiger partial charge < -0.3 is 10.5 Å². The summed E-state index contributed by atoms with van der Waals surface area (Å²) < 4.78 is 5.66. The van der Waals surface area contributed by atoms with Gasteiger partial charge in [0.25, 0.3) is 0 Å². The molecule has 0 unspecified atom stereocenters. The lowest BCUT2D eigenvalue weighted by atomic mass is 10.0. The van der Waals surface area contributed by atoms with Gasteiger partial charge in [-0.05, 0) is 49.9 Å². The fourth-order valence-electron chi connectivity index (χ4n) is 2.17. The second kappa shape index (κ2) is 6.86. The third-order valence-corrected chi connectivity index (χ3v) is 3.76. The van der Waals surface area contributed by atoms with Crippen LogP contribution >= 0.6 is 0 Å². The van der Waals surface area contributed by atoms with Crippen molar-refractivity contribution in [1.29, 1.82) is 5.41 Å². The van der Waals surface area contributed by atoms with Gasteiger partial charge in [-0.2, -0.15) is 0 Å². The minimum Gasteiger partial charge on any atom is -0.384 e. The second-order valence-corrected chi connectivity index (χ2v) is 5.81. The highest BCUT2D eigenvalue weighted by molar-refractivity contribution is 5.95. The first kappa shape index (κ1) is 15.0. The number of nitrogen functional groups attached to an aromatic ring is 1. The van der Waals surface area contributed by atoms with Crippen LogP contribution in [0.1, 0.15) is 29.5 Å². The summed E-state index contributed by atoms with van der Waals surface area (Å²) >= 11 is 0. The van der Waals surface area contributed by atoms with Crippen molar-refractivity contribution in [2.24, 2.45) is 11.7 Å². The van der Waals surface area contributed by atoms with E-state index in [1.54, 1.807) is 0 Å². The van der Waals surface area contributed by atoms with Crippen molar-refractivity contribution in [2.75, 3.05) is 26.8 Å². The van der Waals surface area contributed by atoms with E-state index in [-0.39, 0.29) is 5.84 Å². The average Bonchev–Trinajstić information content (AvgIpc) is 3.21. The van der Waals surface area contributed by atoms with Crippen LogP contribution in [-0.4, -0.2) is 37.5 Å². The molecule has 0 aliphatic heterocycles. The Morgan fingerprint density at radius 3 is 2.80 bits per heavy atom. The van der Waals surface area contributed by atoms with Crippen LogP contribution in [0.15, 0.2) is 18.2 Å². The van der Waals surface area contributed by atoms with Crippen LogP contribution in [0, 0.1) is 18.3 Å². The van der Waals surface area contributed by atoms with Crippen molar-refractivity contribution < 1.29 is 4.74 Å². The zero-order valence-corrected chi connectivity index (χ0v) is 12.5. The summed E-state index contributed by atoms with van der Waals surface area (Å²) in [5.74, 6) is 0.961. The van der Waals surface area contributed by atoms with Gasteiger partial charge in [-0.3, -0.25) is 10.3 Å². The largest absolute Gasteiger partial charge is 0.384 e. The molecule has 0 bridgehead atoms. The predicted molar refractivity (Wildman–Crippen MR) is 82.1 cm³/mol. The molecule has 1 aromatic carbocycles. The molecule has 1 saturated carbocycles. The van der Waals surface area contributed by atoms with Gasteiger partial charge in [0.05, 0.1) is 6.61 Å². The molecule has 1 aliphatic carbocycles. The Kier molecular flexibility index (Phi) is 5.15. The Morgan fingerprint density at radius 2 is 2.20 bits per heavy atom. The molecule has 0 saturated heterocycles. The Bertz CT molecular complexity index is 469. The summed E-state index contributed by atoms with van der Waals surface area (Å²) in [7, 11) is 2.11. The van der Waals surface area contributed by atoms with Gasteiger partial charge in [0.1, 0.15) is 5.84 Å². The van der Waals surface area contributed by atoms with Gasteiger partial charge in [0.2, 0.25) is 0 Å². The molecule has 3 N–H and O–H groups in total. The van der Waals surface area contributed by atoms with Crippen molar-refractivity contribution in [3.63, 3.8) is 0 Å². The van der Waals surface area contributed by atoms with Gasteiger partial charge in [-0.1, -0.05) is 12.1 Å². The average molecular weight is 275 g/mol. The molecule has 0 amide bonds. The standard InChI is InChI=1S/C16H25N3O/c1-12-9-14(16(17)18)5-6-15(12)10-19(2)7-8-20-11-13-3-4-13/h5-6,9,13H,3-4,7-8,10-11H2,1-2H3,(H3,17,18). The van der Waals surface area contributed by atoms with Crippen LogP contribution in [-0.2, 0) is 11.3 Å². The molecular formula is C16H25N3O. The second-order valence-electron chi connectivity index (χ2n) is 5.81. The third kappa shape index (κ3) is 4.62. The Morgan fingerprint density at radius 1 is 1.45 bits per heavy atom. The van der Waals surface area contributed by atoms with Crippen LogP contribution in [0.2, 0.25) is 0 Å². The molecule has 0 aromatic heterocycles. The zero-order chi connectivity index (χ0) is 14.5. The first-order valence-electron chi connectivity index (χ1n) is 7.26.